The Morgan fingerprint density at radius 2 is 1.85 bits per heavy atom. The summed E-state index contributed by atoms with van der Waals surface area (Å²) >= 11 is 0. The van der Waals surface area contributed by atoms with Gasteiger partial charge in [-0.2, -0.15) is 9.40 Å². The summed E-state index contributed by atoms with van der Waals surface area (Å²) < 4.78 is 33.2. The average molecular weight is 387 g/mol. The van der Waals surface area contributed by atoms with Crippen LogP contribution in [0.2, 0.25) is 0 Å². The van der Waals surface area contributed by atoms with Crippen molar-refractivity contribution in [3.63, 3.8) is 0 Å². The molecule has 5 heterocycles. The number of sulfonamides is 1. The van der Waals surface area contributed by atoms with Crippen LogP contribution in [0.4, 0.5) is 5.82 Å². The third-order valence-electron chi connectivity index (χ3n) is 5.20. The molecule has 3 aromatic rings. The SMILES string of the molecule is O=S(=O)(c1cnoc1)N1CC2CN(c3cc(-n4cccn4)ncn3)CC2C1. The van der Waals surface area contributed by atoms with Crippen LogP contribution < -0.4 is 4.90 Å². The average Bonchev–Trinajstić information content (AvgIpc) is 3.46. The molecule has 0 amide bonds. The number of fused-ring (bicyclic) bond motifs is 1. The summed E-state index contributed by atoms with van der Waals surface area (Å²) in [6.07, 6.45) is 7.48. The molecule has 0 aliphatic carbocycles. The molecule has 2 aliphatic heterocycles. The third-order valence-corrected chi connectivity index (χ3v) is 6.98. The maximum Gasteiger partial charge on any atom is 0.247 e. The van der Waals surface area contributed by atoms with E-state index in [9.17, 15) is 8.42 Å². The lowest BCUT2D eigenvalue weighted by atomic mass is 10.0. The molecule has 0 bridgehead atoms. The van der Waals surface area contributed by atoms with Gasteiger partial charge in [0.1, 0.15) is 23.3 Å². The predicted octanol–water partition coefficient (Wildman–Crippen LogP) is 0.407. The van der Waals surface area contributed by atoms with Crippen molar-refractivity contribution in [2.45, 2.75) is 4.90 Å². The Morgan fingerprint density at radius 3 is 2.52 bits per heavy atom. The van der Waals surface area contributed by atoms with Gasteiger partial charge in [0.25, 0.3) is 0 Å². The quantitative estimate of drug-likeness (QED) is 0.633. The Bertz CT molecular complexity index is 1020. The largest absolute Gasteiger partial charge is 0.363 e. The van der Waals surface area contributed by atoms with Crippen LogP contribution >= 0.6 is 0 Å². The second-order valence-corrected chi connectivity index (χ2v) is 8.73. The third kappa shape index (κ3) is 2.79. The molecule has 0 N–H and O–H groups in total. The van der Waals surface area contributed by atoms with Crippen LogP contribution in [-0.4, -0.2) is 63.8 Å². The Hall–Kier alpha value is -2.79. The second kappa shape index (κ2) is 6.13. The van der Waals surface area contributed by atoms with Crippen LogP contribution in [0, 0.1) is 11.8 Å². The summed E-state index contributed by atoms with van der Waals surface area (Å²) in [5, 5.41) is 7.70. The summed E-state index contributed by atoms with van der Waals surface area (Å²) in [7, 11) is -3.53. The van der Waals surface area contributed by atoms with Crippen LogP contribution in [0.1, 0.15) is 0 Å². The zero-order chi connectivity index (χ0) is 18.4. The van der Waals surface area contributed by atoms with E-state index in [-0.39, 0.29) is 16.7 Å². The van der Waals surface area contributed by atoms with Crippen LogP contribution in [0.15, 0.2) is 52.7 Å². The van der Waals surface area contributed by atoms with E-state index in [1.54, 1.807) is 10.9 Å². The molecule has 2 unspecified atom stereocenters. The minimum absolute atomic E-state index is 0.110. The summed E-state index contributed by atoms with van der Waals surface area (Å²) in [6, 6.07) is 3.74. The Balaban J connectivity index is 1.31. The van der Waals surface area contributed by atoms with Gasteiger partial charge in [-0.15, -0.1) is 0 Å². The van der Waals surface area contributed by atoms with Crippen molar-refractivity contribution in [3.05, 3.63) is 43.3 Å². The highest BCUT2D eigenvalue weighted by Gasteiger charge is 2.45. The van der Waals surface area contributed by atoms with Gasteiger partial charge in [0.05, 0.1) is 6.20 Å². The van der Waals surface area contributed by atoms with Crippen molar-refractivity contribution in [2.24, 2.45) is 11.8 Å². The van der Waals surface area contributed by atoms with Crippen LogP contribution in [-0.2, 0) is 10.0 Å². The summed E-state index contributed by atoms with van der Waals surface area (Å²) in [5.74, 6) is 2.07. The molecule has 0 radical (unpaired) electrons. The van der Waals surface area contributed by atoms with Crippen molar-refractivity contribution in [1.82, 2.24) is 29.2 Å². The summed E-state index contributed by atoms with van der Waals surface area (Å²) in [5.41, 5.74) is 0. The molecule has 10 nitrogen and oxygen atoms in total. The maximum absolute atomic E-state index is 12.6. The molecule has 0 saturated carbocycles. The van der Waals surface area contributed by atoms with Gasteiger partial charge in [-0.05, 0) is 17.9 Å². The van der Waals surface area contributed by atoms with Crippen LogP contribution in [0.25, 0.3) is 5.82 Å². The lowest BCUT2D eigenvalue weighted by molar-refractivity contribution is 0.415. The highest BCUT2D eigenvalue weighted by molar-refractivity contribution is 7.89. The van der Waals surface area contributed by atoms with Crippen molar-refractivity contribution in [1.29, 1.82) is 0 Å². The van der Waals surface area contributed by atoms with Crippen molar-refractivity contribution >= 4 is 15.8 Å². The maximum atomic E-state index is 12.6. The van der Waals surface area contributed by atoms with Gasteiger partial charge in [-0.1, -0.05) is 5.16 Å². The van der Waals surface area contributed by atoms with E-state index in [2.05, 4.69) is 29.6 Å². The molecule has 140 valence electrons. The number of hydrogen-bond acceptors (Lipinski definition) is 8. The first-order valence-corrected chi connectivity index (χ1v) is 10.0. The highest BCUT2D eigenvalue weighted by atomic mass is 32.2. The minimum atomic E-state index is -3.53. The fraction of sp³-hybridized carbons (Fsp3) is 0.375. The number of nitrogens with zero attached hydrogens (tertiary/aromatic N) is 7. The van der Waals surface area contributed by atoms with Crippen LogP contribution in [0.5, 0.6) is 0 Å². The van der Waals surface area contributed by atoms with Crippen molar-refractivity contribution < 1.29 is 12.9 Å². The Kier molecular flexibility index (Phi) is 3.72. The van der Waals surface area contributed by atoms with Gasteiger partial charge in [0.2, 0.25) is 10.0 Å². The van der Waals surface area contributed by atoms with Crippen molar-refractivity contribution in [3.8, 4) is 5.82 Å². The zero-order valence-electron chi connectivity index (χ0n) is 14.3. The van der Waals surface area contributed by atoms with E-state index in [1.807, 2.05) is 18.3 Å². The molecule has 27 heavy (non-hydrogen) atoms. The van der Waals surface area contributed by atoms with E-state index in [4.69, 9.17) is 0 Å². The molecule has 2 fully saturated rings. The lowest BCUT2D eigenvalue weighted by Crippen LogP contribution is -2.33. The first kappa shape index (κ1) is 16.4. The molecule has 3 aromatic heterocycles. The first-order chi connectivity index (χ1) is 13.1. The molecule has 2 aliphatic rings. The topological polar surface area (TPSA) is 110 Å². The van der Waals surface area contributed by atoms with Crippen LogP contribution in [0.3, 0.4) is 0 Å². The monoisotopic (exact) mass is 387 g/mol. The number of hydrogen-bond donors (Lipinski definition) is 0. The molecule has 5 rings (SSSR count). The Labute approximate surface area is 155 Å². The van der Waals surface area contributed by atoms with Gasteiger partial charge in [-0.3, -0.25) is 0 Å². The van der Waals surface area contributed by atoms with Gasteiger partial charge in [0, 0.05) is 44.6 Å². The molecular weight excluding hydrogens is 370 g/mol. The van der Waals surface area contributed by atoms with Gasteiger partial charge in [-0.25, -0.2) is 23.1 Å². The highest BCUT2D eigenvalue weighted by Crippen LogP contribution is 2.35. The molecule has 2 atom stereocenters. The molecule has 2 saturated heterocycles. The number of rotatable bonds is 4. The summed E-state index contributed by atoms with van der Waals surface area (Å²) in [6.45, 7) is 2.50. The van der Waals surface area contributed by atoms with Crippen molar-refractivity contribution in [2.75, 3.05) is 31.1 Å². The predicted molar refractivity (Wildman–Crippen MR) is 93.6 cm³/mol. The van der Waals surface area contributed by atoms with E-state index in [0.29, 0.717) is 18.9 Å². The minimum Gasteiger partial charge on any atom is -0.363 e. The molecule has 11 heteroatoms. The number of aromatic nitrogens is 5. The summed E-state index contributed by atoms with van der Waals surface area (Å²) in [4.78, 5) is 10.9. The number of anilines is 1. The van der Waals surface area contributed by atoms with Gasteiger partial charge in [0.15, 0.2) is 5.82 Å². The van der Waals surface area contributed by atoms with Gasteiger partial charge < -0.3 is 9.42 Å². The van der Waals surface area contributed by atoms with Gasteiger partial charge >= 0.3 is 0 Å². The molecule has 0 spiro atoms. The Morgan fingerprint density at radius 1 is 1.07 bits per heavy atom. The second-order valence-electron chi connectivity index (χ2n) is 6.79. The van der Waals surface area contributed by atoms with E-state index in [0.717, 1.165) is 18.9 Å². The lowest BCUT2D eigenvalue weighted by Gasteiger charge is -2.21. The smallest absolute Gasteiger partial charge is 0.247 e. The molecular formula is C16H17N7O3S. The van der Waals surface area contributed by atoms with E-state index < -0.39 is 10.0 Å². The van der Waals surface area contributed by atoms with E-state index >= 15 is 0 Å². The normalized spacial score (nSPS) is 23.0. The van der Waals surface area contributed by atoms with E-state index in [1.165, 1.54) is 23.1 Å². The fourth-order valence-corrected chi connectivity index (χ4v) is 5.26. The fourth-order valence-electron chi connectivity index (χ4n) is 3.84. The zero-order valence-corrected chi connectivity index (χ0v) is 15.1. The first-order valence-electron chi connectivity index (χ1n) is 8.58. The standard InChI is InChI=1S/C16H17N7O3S/c24-27(25,14-5-20-26-10-14)22-8-12-6-21(7-13(12)9-22)15-4-16(18-11-17-15)23-3-1-2-19-23/h1-5,10-13H,6-9H2. The molecule has 0 aromatic carbocycles.